The average molecular weight is 347 g/mol. The quantitative estimate of drug-likeness (QED) is 0.733. The Kier molecular flexibility index (Phi) is 5.44. The third kappa shape index (κ3) is 4.23. The highest BCUT2D eigenvalue weighted by molar-refractivity contribution is 5.76. The van der Waals surface area contributed by atoms with Crippen LogP contribution in [-0.4, -0.2) is 67.5 Å². The van der Waals surface area contributed by atoms with E-state index < -0.39 is 0 Å². The van der Waals surface area contributed by atoms with Crippen molar-refractivity contribution in [1.29, 1.82) is 0 Å². The second kappa shape index (κ2) is 7.75. The number of fused-ring (bicyclic) bond motifs is 1. The summed E-state index contributed by atoms with van der Waals surface area (Å²) in [5.41, 5.74) is 1.86. The van der Waals surface area contributed by atoms with Gasteiger partial charge in [0.1, 0.15) is 18.1 Å². The topological polar surface area (TPSA) is 81.3 Å². The number of ether oxygens (including phenoxy) is 1. The number of rotatable bonds is 6. The maximum absolute atomic E-state index is 11.6. The Morgan fingerprint density at radius 1 is 1.36 bits per heavy atom. The minimum atomic E-state index is -0.0605. The van der Waals surface area contributed by atoms with E-state index in [4.69, 9.17) is 4.74 Å². The second-order valence-electron chi connectivity index (χ2n) is 6.51. The number of hydrogen-bond donors (Lipinski definition) is 0. The Bertz CT molecular complexity index is 722. The molecule has 0 radical (unpaired) electrons. The summed E-state index contributed by atoms with van der Waals surface area (Å²) in [6.45, 7) is 3.71. The number of carbonyl (C=O) groups is 1. The molecule has 0 bridgehead atoms. The van der Waals surface area contributed by atoms with Gasteiger partial charge in [-0.15, -0.1) is 5.10 Å². The minimum Gasteiger partial charge on any atom is -0.365 e. The standard InChI is InChI=1S/C16H25N7O2/c1-20(2)16(24)12-25-11-13-14-9-22(6-4-7-23(14)19-18-13)10-15-17-5-8-21(15)3/h5,8H,4,6-7,9-12H2,1-3H3. The summed E-state index contributed by atoms with van der Waals surface area (Å²) in [4.78, 5) is 19.9. The van der Waals surface area contributed by atoms with Crippen molar-refractivity contribution in [3.05, 3.63) is 29.6 Å². The molecular formula is C16H25N7O2. The fraction of sp³-hybridized carbons (Fsp3) is 0.625. The number of amides is 1. The summed E-state index contributed by atoms with van der Waals surface area (Å²) in [7, 11) is 5.43. The molecule has 136 valence electrons. The molecule has 25 heavy (non-hydrogen) atoms. The first-order valence-corrected chi connectivity index (χ1v) is 8.42. The molecule has 0 aromatic carbocycles. The van der Waals surface area contributed by atoms with E-state index in [2.05, 4.69) is 20.2 Å². The molecule has 0 aliphatic carbocycles. The van der Waals surface area contributed by atoms with Crippen molar-refractivity contribution >= 4 is 5.91 Å². The second-order valence-corrected chi connectivity index (χ2v) is 6.51. The molecule has 2 aromatic rings. The van der Waals surface area contributed by atoms with Gasteiger partial charge in [-0.3, -0.25) is 9.69 Å². The fourth-order valence-electron chi connectivity index (χ4n) is 2.82. The van der Waals surface area contributed by atoms with Crippen LogP contribution in [0.4, 0.5) is 0 Å². The normalized spacial score (nSPS) is 15.0. The number of aromatic nitrogens is 5. The molecule has 0 unspecified atom stereocenters. The SMILES string of the molecule is CN(C)C(=O)COCc1nnn2c1CN(Cc1nccn1C)CCC2. The molecule has 0 saturated heterocycles. The molecule has 1 aliphatic heterocycles. The maximum Gasteiger partial charge on any atom is 0.248 e. The lowest BCUT2D eigenvalue weighted by Crippen LogP contribution is -2.26. The largest absolute Gasteiger partial charge is 0.365 e. The van der Waals surface area contributed by atoms with Gasteiger partial charge in [-0.05, 0) is 6.42 Å². The highest BCUT2D eigenvalue weighted by Crippen LogP contribution is 2.17. The van der Waals surface area contributed by atoms with Crippen molar-refractivity contribution in [3.8, 4) is 0 Å². The highest BCUT2D eigenvalue weighted by atomic mass is 16.5. The molecule has 0 fully saturated rings. The van der Waals surface area contributed by atoms with Crippen LogP contribution in [0.25, 0.3) is 0 Å². The fourth-order valence-corrected chi connectivity index (χ4v) is 2.82. The predicted molar refractivity (Wildman–Crippen MR) is 90.3 cm³/mol. The van der Waals surface area contributed by atoms with Gasteiger partial charge in [-0.1, -0.05) is 5.21 Å². The van der Waals surface area contributed by atoms with E-state index in [1.165, 1.54) is 4.90 Å². The van der Waals surface area contributed by atoms with Gasteiger partial charge in [-0.2, -0.15) is 0 Å². The molecule has 2 aromatic heterocycles. The van der Waals surface area contributed by atoms with Crippen LogP contribution >= 0.6 is 0 Å². The molecule has 0 N–H and O–H groups in total. The van der Waals surface area contributed by atoms with E-state index in [-0.39, 0.29) is 12.5 Å². The zero-order valence-electron chi connectivity index (χ0n) is 15.1. The molecule has 3 heterocycles. The van der Waals surface area contributed by atoms with E-state index in [0.29, 0.717) is 6.61 Å². The lowest BCUT2D eigenvalue weighted by molar-refractivity contribution is -0.134. The smallest absolute Gasteiger partial charge is 0.248 e. The van der Waals surface area contributed by atoms with Gasteiger partial charge < -0.3 is 14.2 Å². The number of imidazole rings is 1. The van der Waals surface area contributed by atoms with Crippen LogP contribution in [0.5, 0.6) is 0 Å². The number of nitrogens with zero attached hydrogens (tertiary/aromatic N) is 7. The first-order valence-electron chi connectivity index (χ1n) is 8.42. The van der Waals surface area contributed by atoms with Crippen LogP contribution in [-0.2, 0) is 42.8 Å². The van der Waals surface area contributed by atoms with E-state index in [1.807, 2.05) is 28.7 Å². The summed E-state index contributed by atoms with van der Waals surface area (Å²) >= 11 is 0. The van der Waals surface area contributed by atoms with Crippen LogP contribution in [0.1, 0.15) is 23.6 Å². The molecular weight excluding hydrogens is 322 g/mol. The van der Waals surface area contributed by atoms with Gasteiger partial charge in [0, 0.05) is 53.2 Å². The van der Waals surface area contributed by atoms with Gasteiger partial charge in [0.25, 0.3) is 0 Å². The Morgan fingerprint density at radius 3 is 2.92 bits per heavy atom. The zero-order chi connectivity index (χ0) is 17.8. The maximum atomic E-state index is 11.6. The number of aryl methyl sites for hydroxylation is 2. The van der Waals surface area contributed by atoms with E-state index in [0.717, 1.165) is 49.8 Å². The highest BCUT2D eigenvalue weighted by Gasteiger charge is 2.21. The summed E-state index contributed by atoms with van der Waals surface area (Å²) in [5.74, 6) is 0.977. The van der Waals surface area contributed by atoms with Gasteiger partial charge in [0.15, 0.2) is 0 Å². The first kappa shape index (κ1) is 17.6. The molecule has 0 saturated carbocycles. The molecule has 9 nitrogen and oxygen atoms in total. The van der Waals surface area contributed by atoms with Crippen molar-refractivity contribution < 1.29 is 9.53 Å². The summed E-state index contributed by atoms with van der Waals surface area (Å²) in [6, 6.07) is 0. The summed E-state index contributed by atoms with van der Waals surface area (Å²) in [6.07, 6.45) is 4.79. The van der Waals surface area contributed by atoms with E-state index >= 15 is 0 Å². The van der Waals surface area contributed by atoms with Crippen molar-refractivity contribution in [2.75, 3.05) is 27.2 Å². The van der Waals surface area contributed by atoms with Gasteiger partial charge in [-0.25, -0.2) is 9.67 Å². The first-order chi connectivity index (χ1) is 12.0. The number of carbonyl (C=O) groups excluding carboxylic acids is 1. The van der Waals surface area contributed by atoms with E-state index in [1.54, 1.807) is 14.1 Å². The molecule has 0 atom stereocenters. The van der Waals surface area contributed by atoms with Crippen LogP contribution in [0.3, 0.4) is 0 Å². The Balaban J connectivity index is 1.64. The van der Waals surface area contributed by atoms with E-state index in [9.17, 15) is 4.79 Å². The summed E-state index contributed by atoms with van der Waals surface area (Å²) in [5, 5.41) is 8.49. The van der Waals surface area contributed by atoms with Gasteiger partial charge >= 0.3 is 0 Å². The molecule has 9 heteroatoms. The third-order valence-corrected chi connectivity index (χ3v) is 4.38. The van der Waals surface area contributed by atoms with Gasteiger partial charge in [0.05, 0.1) is 18.8 Å². The monoisotopic (exact) mass is 347 g/mol. The van der Waals surface area contributed by atoms with Crippen molar-refractivity contribution in [2.24, 2.45) is 7.05 Å². The Labute approximate surface area is 147 Å². The number of likely N-dealkylation sites (N-methyl/N-ethyl adjacent to an activating group) is 1. The Hall–Kier alpha value is -2.26. The van der Waals surface area contributed by atoms with Crippen LogP contribution in [0.2, 0.25) is 0 Å². The average Bonchev–Trinajstić information content (AvgIpc) is 3.08. The lowest BCUT2D eigenvalue weighted by atomic mass is 10.3. The van der Waals surface area contributed by atoms with Crippen LogP contribution in [0, 0.1) is 0 Å². The molecule has 3 rings (SSSR count). The van der Waals surface area contributed by atoms with Crippen molar-refractivity contribution in [3.63, 3.8) is 0 Å². The molecule has 1 amide bonds. The van der Waals surface area contributed by atoms with Crippen molar-refractivity contribution in [2.45, 2.75) is 32.7 Å². The summed E-state index contributed by atoms with van der Waals surface area (Å²) < 4.78 is 9.51. The minimum absolute atomic E-state index is 0.0519. The van der Waals surface area contributed by atoms with Crippen LogP contribution < -0.4 is 0 Å². The Morgan fingerprint density at radius 2 is 2.20 bits per heavy atom. The van der Waals surface area contributed by atoms with Crippen LogP contribution in [0.15, 0.2) is 12.4 Å². The predicted octanol–water partition coefficient (Wildman–Crippen LogP) is 0.0223. The zero-order valence-corrected chi connectivity index (χ0v) is 15.1. The lowest BCUT2D eigenvalue weighted by Gasteiger charge is -2.19. The van der Waals surface area contributed by atoms with Crippen molar-refractivity contribution in [1.82, 2.24) is 34.3 Å². The molecule has 1 aliphatic rings. The molecule has 0 spiro atoms. The third-order valence-electron chi connectivity index (χ3n) is 4.38. The van der Waals surface area contributed by atoms with Gasteiger partial charge in [0.2, 0.25) is 5.91 Å². The number of hydrogen-bond acceptors (Lipinski definition) is 6.